The predicted octanol–water partition coefficient (Wildman–Crippen LogP) is 2.82. The molecule has 0 N–H and O–H groups in total. The van der Waals surface area contributed by atoms with Crippen molar-refractivity contribution in [1.29, 1.82) is 0 Å². The Hall–Kier alpha value is -0.683. The first-order chi connectivity index (χ1) is 9.25. The molecule has 19 heavy (non-hydrogen) atoms. The highest BCUT2D eigenvalue weighted by Gasteiger charge is 2.43. The molecule has 4 heteroatoms. The summed E-state index contributed by atoms with van der Waals surface area (Å²) < 4.78 is 17.7. The third-order valence-corrected chi connectivity index (χ3v) is 6.36. The van der Waals surface area contributed by atoms with Gasteiger partial charge < -0.3 is 13.3 Å². The van der Waals surface area contributed by atoms with Gasteiger partial charge in [-0.2, -0.15) is 0 Å². The molecular formula is C15H24O3Si. The first-order valence-electron chi connectivity index (χ1n) is 7.28. The molecule has 1 saturated carbocycles. The Morgan fingerprint density at radius 3 is 1.74 bits per heavy atom. The van der Waals surface area contributed by atoms with E-state index < -0.39 is 8.80 Å². The maximum Gasteiger partial charge on any atom is 0.537 e. The van der Waals surface area contributed by atoms with Gasteiger partial charge in [-0.1, -0.05) is 24.3 Å². The topological polar surface area (TPSA) is 27.7 Å². The summed E-state index contributed by atoms with van der Waals surface area (Å²) in [6, 6.07) is 8.65. The maximum atomic E-state index is 5.91. The van der Waals surface area contributed by atoms with E-state index in [0.717, 1.165) is 11.1 Å². The van der Waals surface area contributed by atoms with Crippen molar-refractivity contribution < 1.29 is 13.3 Å². The summed E-state index contributed by atoms with van der Waals surface area (Å²) in [5, 5.41) is 1.07. The van der Waals surface area contributed by atoms with E-state index in [1.165, 1.54) is 18.4 Å². The van der Waals surface area contributed by atoms with Gasteiger partial charge in [0.05, 0.1) is 0 Å². The SMILES string of the molecule is CCO[Si](OCC)(OCC)c1ccc(C2CC2)cc1. The molecule has 0 spiro atoms. The van der Waals surface area contributed by atoms with Crippen molar-refractivity contribution in [3.8, 4) is 0 Å². The average molecular weight is 280 g/mol. The van der Waals surface area contributed by atoms with E-state index in [1.807, 2.05) is 20.8 Å². The van der Waals surface area contributed by atoms with E-state index in [9.17, 15) is 0 Å². The third kappa shape index (κ3) is 3.45. The fourth-order valence-corrected chi connectivity index (χ4v) is 4.79. The lowest BCUT2D eigenvalue weighted by atomic mass is 10.1. The second kappa shape index (κ2) is 6.66. The van der Waals surface area contributed by atoms with Gasteiger partial charge in [-0.25, -0.2) is 0 Å². The maximum absolute atomic E-state index is 5.91. The van der Waals surface area contributed by atoms with Gasteiger partial charge in [0.25, 0.3) is 0 Å². The van der Waals surface area contributed by atoms with E-state index in [-0.39, 0.29) is 0 Å². The summed E-state index contributed by atoms with van der Waals surface area (Å²) in [5.41, 5.74) is 1.43. The van der Waals surface area contributed by atoms with Crippen molar-refractivity contribution in [2.45, 2.75) is 39.5 Å². The van der Waals surface area contributed by atoms with Gasteiger partial charge in [0.2, 0.25) is 0 Å². The molecule has 2 rings (SSSR count). The summed E-state index contributed by atoms with van der Waals surface area (Å²) in [4.78, 5) is 0. The summed E-state index contributed by atoms with van der Waals surface area (Å²) >= 11 is 0. The second-order valence-electron chi connectivity index (χ2n) is 4.75. The van der Waals surface area contributed by atoms with Gasteiger partial charge in [-0.3, -0.25) is 0 Å². The molecule has 0 saturated heterocycles. The first-order valence-corrected chi connectivity index (χ1v) is 9.00. The third-order valence-electron chi connectivity index (χ3n) is 3.32. The standard InChI is InChI=1S/C15H24O3Si/c1-4-16-19(17-5-2,18-6-3)15-11-9-14(10-12-15)13-7-8-13/h9-13H,4-8H2,1-3H3. The summed E-state index contributed by atoms with van der Waals surface area (Å²) in [6.45, 7) is 7.78. The summed E-state index contributed by atoms with van der Waals surface area (Å²) in [6.07, 6.45) is 2.65. The molecule has 0 bridgehead atoms. The van der Waals surface area contributed by atoms with E-state index in [0.29, 0.717) is 19.8 Å². The summed E-state index contributed by atoms with van der Waals surface area (Å²) in [7, 11) is -2.71. The second-order valence-corrected chi connectivity index (χ2v) is 7.31. The van der Waals surface area contributed by atoms with Gasteiger partial charge in [0, 0.05) is 25.0 Å². The fourth-order valence-electron chi connectivity index (χ4n) is 2.32. The Balaban J connectivity index is 2.23. The highest BCUT2D eigenvalue weighted by Crippen LogP contribution is 2.39. The zero-order valence-corrected chi connectivity index (χ0v) is 13.1. The largest absolute Gasteiger partial charge is 0.537 e. The van der Waals surface area contributed by atoms with Crippen molar-refractivity contribution in [3.05, 3.63) is 29.8 Å². The zero-order chi connectivity index (χ0) is 13.7. The summed E-state index contributed by atoms with van der Waals surface area (Å²) in [5.74, 6) is 0.774. The van der Waals surface area contributed by atoms with Gasteiger partial charge >= 0.3 is 8.80 Å². The molecule has 0 radical (unpaired) electrons. The highest BCUT2D eigenvalue weighted by molar-refractivity contribution is 6.75. The number of hydrogen-bond donors (Lipinski definition) is 0. The average Bonchev–Trinajstić information content (AvgIpc) is 3.24. The van der Waals surface area contributed by atoms with Crippen LogP contribution in [0.1, 0.15) is 45.1 Å². The van der Waals surface area contributed by atoms with Crippen LogP contribution in [0.3, 0.4) is 0 Å². The molecule has 1 aromatic carbocycles. The fraction of sp³-hybridized carbons (Fsp3) is 0.600. The zero-order valence-electron chi connectivity index (χ0n) is 12.1. The van der Waals surface area contributed by atoms with Crippen molar-refractivity contribution in [2.24, 2.45) is 0 Å². The van der Waals surface area contributed by atoms with Crippen molar-refractivity contribution >= 4 is 14.0 Å². The van der Waals surface area contributed by atoms with Gasteiger partial charge in [-0.05, 0) is 45.1 Å². The molecule has 0 atom stereocenters. The molecule has 0 unspecified atom stereocenters. The molecule has 3 nitrogen and oxygen atoms in total. The number of rotatable bonds is 8. The van der Waals surface area contributed by atoms with Crippen LogP contribution in [0.4, 0.5) is 0 Å². The van der Waals surface area contributed by atoms with Gasteiger partial charge in [0.15, 0.2) is 0 Å². The Morgan fingerprint density at radius 2 is 1.37 bits per heavy atom. The molecule has 0 amide bonds. The van der Waals surface area contributed by atoms with Crippen LogP contribution in [-0.2, 0) is 13.3 Å². The molecule has 1 aliphatic rings. The van der Waals surface area contributed by atoms with E-state index >= 15 is 0 Å². The smallest absolute Gasteiger partial charge is 0.370 e. The minimum atomic E-state index is -2.71. The Labute approximate surface area is 117 Å². The predicted molar refractivity (Wildman–Crippen MR) is 78.7 cm³/mol. The molecule has 106 valence electrons. The van der Waals surface area contributed by atoms with Crippen LogP contribution >= 0.6 is 0 Å². The highest BCUT2D eigenvalue weighted by atomic mass is 28.4. The minimum Gasteiger partial charge on any atom is -0.370 e. The molecule has 0 aliphatic heterocycles. The Morgan fingerprint density at radius 1 is 0.895 bits per heavy atom. The van der Waals surface area contributed by atoms with Crippen molar-refractivity contribution in [3.63, 3.8) is 0 Å². The van der Waals surface area contributed by atoms with Crippen LogP contribution < -0.4 is 5.19 Å². The van der Waals surface area contributed by atoms with Gasteiger partial charge in [-0.15, -0.1) is 0 Å². The first kappa shape index (κ1) is 14.7. The molecule has 0 heterocycles. The van der Waals surface area contributed by atoms with E-state index in [1.54, 1.807) is 0 Å². The van der Waals surface area contributed by atoms with Crippen LogP contribution in [0.5, 0.6) is 0 Å². The molecule has 1 aromatic rings. The van der Waals surface area contributed by atoms with Crippen LogP contribution in [0.25, 0.3) is 0 Å². The van der Waals surface area contributed by atoms with Crippen molar-refractivity contribution in [2.75, 3.05) is 19.8 Å². The quantitative estimate of drug-likeness (QED) is 0.685. The number of hydrogen-bond acceptors (Lipinski definition) is 3. The Bertz CT molecular complexity index is 370. The number of benzene rings is 1. The molecule has 1 aliphatic carbocycles. The van der Waals surface area contributed by atoms with E-state index in [2.05, 4.69) is 24.3 Å². The molecule has 1 fully saturated rings. The molecular weight excluding hydrogens is 256 g/mol. The minimum absolute atomic E-state index is 0.608. The lowest BCUT2D eigenvalue weighted by molar-refractivity contribution is 0.0859. The van der Waals surface area contributed by atoms with E-state index in [4.69, 9.17) is 13.3 Å². The van der Waals surface area contributed by atoms with Gasteiger partial charge in [0.1, 0.15) is 0 Å². The van der Waals surface area contributed by atoms with Crippen LogP contribution in [-0.4, -0.2) is 28.6 Å². The monoisotopic (exact) mass is 280 g/mol. The molecule has 0 aromatic heterocycles. The lowest BCUT2D eigenvalue weighted by Gasteiger charge is -2.28. The van der Waals surface area contributed by atoms with Crippen molar-refractivity contribution in [1.82, 2.24) is 0 Å². The normalized spacial score (nSPS) is 15.7. The van der Waals surface area contributed by atoms with Crippen LogP contribution in [0.2, 0.25) is 0 Å². The Kier molecular flexibility index (Phi) is 5.16. The van der Waals surface area contributed by atoms with Crippen LogP contribution in [0, 0.1) is 0 Å². The lowest BCUT2D eigenvalue weighted by Crippen LogP contribution is -2.56. The van der Waals surface area contributed by atoms with Crippen LogP contribution in [0.15, 0.2) is 24.3 Å².